The molecular formula is C9H8N2O2. The molecule has 4 heteroatoms. The van der Waals surface area contributed by atoms with Gasteiger partial charge in [-0.2, -0.15) is 4.98 Å². The van der Waals surface area contributed by atoms with Gasteiger partial charge >= 0.3 is 0 Å². The van der Waals surface area contributed by atoms with E-state index in [0.717, 1.165) is 11.1 Å². The van der Waals surface area contributed by atoms with Crippen LogP contribution in [-0.4, -0.2) is 15.2 Å². The van der Waals surface area contributed by atoms with E-state index in [1.54, 1.807) is 0 Å². The minimum Gasteiger partial charge on any atom is -0.392 e. The van der Waals surface area contributed by atoms with Crippen LogP contribution < -0.4 is 0 Å². The molecule has 2 aromatic rings. The molecule has 13 heavy (non-hydrogen) atoms. The molecular weight excluding hydrogens is 168 g/mol. The van der Waals surface area contributed by atoms with Crippen molar-refractivity contribution in [2.45, 2.75) is 6.61 Å². The Balaban J connectivity index is 2.41. The van der Waals surface area contributed by atoms with Gasteiger partial charge in [0.05, 0.1) is 6.61 Å². The van der Waals surface area contributed by atoms with Gasteiger partial charge in [-0.15, -0.1) is 0 Å². The molecule has 0 fully saturated rings. The second kappa shape index (κ2) is 3.37. The summed E-state index contributed by atoms with van der Waals surface area (Å²) in [5.74, 6) is 0.537. The Hall–Kier alpha value is -1.68. The minimum absolute atomic E-state index is 0.0195. The van der Waals surface area contributed by atoms with E-state index < -0.39 is 0 Å². The van der Waals surface area contributed by atoms with Gasteiger partial charge in [0.1, 0.15) is 0 Å². The van der Waals surface area contributed by atoms with Crippen molar-refractivity contribution >= 4 is 0 Å². The zero-order chi connectivity index (χ0) is 9.10. The quantitative estimate of drug-likeness (QED) is 0.747. The van der Waals surface area contributed by atoms with Gasteiger partial charge in [0.2, 0.25) is 12.2 Å². The van der Waals surface area contributed by atoms with Gasteiger partial charge in [-0.3, -0.25) is 0 Å². The molecule has 0 saturated carbocycles. The summed E-state index contributed by atoms with van der Waals surface area (Å²) in [5.41, 5.74) is 1.68. The first kappa shape index (κ1) is 7.94. The topological polar surface area (TPSA) is 59.2 Å². The third-order valence-electron chi connectivity index (χ3n) is 1.73. The Morgan fingerprint density at radius 2 is 2.31 bits per heavy atom. The van der Waals surface area contributed by atoms with E-state index >= 15 is 0 Å². The fraction of sp³-hybridized carbons (Fsp3) is 0.111. The van der Waals surface area contributed by atoms with Crippen LogP contribution in [0, 0.1) is 0 Å². The lowest BCUT2D eigenvalue weighted by atomic mass is 10.1. The van der Waals surface area contributed by atoms with Crippen molar-refractivity contribution in [3.63, 3.8) is 0 Å². The summed E-state index contributed by atoms with van der Waals surface area (Å²) in [4.78, 5) is 3.90. The summed E-state index contributed by atoms with van der Waals surface area (Å²) in [5, 5.41) is 12.6. The lowest BCUT2D eigenvalue weighted by Crippen LogP contribution is -1.85. The largest absolute Gasteiger partial charge is 0.392 e. The Kier molecular flexibility index (Phi) is 2.06. The summed E-state index contributed by atoms with van der Waals surface area (Å²) >= 11 is 0. The first-order valence-corrected chi connectivity index (χ1v) is 3.86. The zero-order valence-electron chi connectivity index (χ0n) is 6.84. The number of benzene rings is 1. The monoisotopic (exact) mass is 176 g/mol. The average molecular weight is 176 g/mol. The van der Waals surface area contributed by atoms with Crippen molar-refractivity contribution in [1.29, 1.82) is 0 Å². The van der Waals surface area contributed by atoms with Crippen LogP contribution in [0.1, 0.15) is 5.56 Å². The molecule has 4 nitrogen and oxygen atoms in total. The molecule has 0 aliphatic carbocycles. The van der Waals surface area contributed by atoms with Crippen LogP contribution in [0.3, 0.4) is 0 Å². The third kappa shape index (κ3) is 1.57. The first-order valence-electron chi connectivity index (χ1n) is 3.86. The predicted molar refractivity (Wildman–Crippen MR) is 45.7 cm³/mol. The van der Waals surface area contributed by atoms with Crippen molar-refractivity contribution in [3.05, 3.63) is 36.2 Å². The van der Waals surface area contributed by atoms with Gasteiger partial charge in [0, 0.05) is 5.56 Å². The molecule has 2 rings (SSSR count). The highest BCUT2D eigenvalue weighted by Crippen LogP contribution is 2.15. The van der Waals surface area contributed by atoms with E-state index in [1.165, 1.54) is 6.39 Å². The molecule has 0 aliphatic rings. The SMILES string of the molecule is OCc1cccc(-c2ncon2)c1. The van der Waals surface area contributed by atoms with E-state index in [-0.39, 0.29) is 6.61 Å². The molecule has 0 atom stereocenters. The molecule has 1 N–H and O–H groups in total. The Bertz CT molecular complexity index is 384. The van der Waals surface area contributed by atoms with Crippen molar-refractivity contribution < 1.29 is 9.63 Å². The number of rotatable bonds is 2. The fourth-order valence-electron chi connectivity index (χ4n) is 1.11. The third-order valence-corrected chi connectivity index (χ3v) is 1.73. The molecule has 0 unspecified atom stereocenters. The summed E-state index contributed by atoms with van der Waals surface area (Å²) in [7, 11) is 0. The van der Waals surface area contributed by atoms with Gasteiger partial charge in [0.15, 0.2) is 0 Å². The Labute approximate surface area is 74.8 Å². The number of nitrogens with zero attached hydrogens (tertiary/aromatic N) is 2. The van der Waals surface area contributed by atoms with Crippen LogP contribution in [0.15, 0.2) is 35.2 Å². The van der Waals surface area contributed by atoms with Crippen molar-refractivity contribution in [1.82, 2.24) is 10.1 Å². The molecule has 0 amide bonds. The highest BCUT2D eigenvalue weighted by atomic mass is 16.5. The van der Waals surface area contributed by atoms with Gasteiger partial charge in [0.25, 0.3) is 0 Å². The normalized spacial score (nSPS) is 10.2. The van der Waals surface area contributed by atoms with Crippen LogP contribution >= 0.6 is 0 Å². The number of hydrogen-bond donors (Lipinski definition) is 1. The second-order valence-corrected chi connectivity index (χ2v) is 2.61. The highest BCUT2D eigenvalue weighted by Gasteiger charge is 2.02. The van der Waals surface area contributed by atoms with Gasteiger partial charge < -0.3 is 9.63 Å². The predicted octanol–water partition coefficient (Wildman–Crippen LogP) is 1.23. The van der Waals surface area contributed by atoms with Crippen molar-refractivity contribution in [2.75, 3.05) is 0 Å². The fourth-order valence-corrected chi connectivity index (χ4v) is 1.11. The average Bonchev–Trinajstić information content (AvgIpc) is 2.71. The molecule has 0 bridgehead atoms. The maximum Gasteiger partial charge on any atom is 0.214 e. The van der Waals surface area contributed by atoms with E-state index in [1.807, 2.05) is 24.3 Å². The van der Waals surface area contributed by atoms with E-state index in [4.69, 9.17) is 5.11 Å². The Morgan fingerprint density at radius 3 is 3.00 bits per heavy atom. The maximum absolute atomic E-state index is 8.90. The summed E-state index contributed by atoms with van der Waals surface area (Å²) in [6, 6.07) is 7.37. The highest BCUT2D eigenvalue weighted by molar-refractivity contribution is 5.54. The molecule has 1 heterocycles. The van der Waals surface area contributed by atoms with E-state index in [0.29, 0.717) is 5.82 Å². The van der Waals surface area contributed by atoms with E-state index in [9.17, 15) is 0 Å². The number of aliphatic hydroxyl groups is 1. The summed E-state index contributed by atoms with van der Waals surface area (Å²) in [6.07, 6.45) is 1.28. The minimum atomic E-state index is 0.0195. The maximum atomic E-state index is 8.90. The smallest absolute Gasteiger partial charge is 0.214 e. The first-order chi connectivity index (χ1) is 6.40. The van der Waals surface area contributed by atoms with Crippen LogP contribution in [0.5, 0.6) is 0 Å². The molecule has 0 spiro atoms. The second-order valence-electron chi connectivity index (χ2n) is 2.61. The molecule has 1 aromatic carbocycles. The van der Waals surface area contributed by atoms with Gasteiger partial charge in [-0.25, -0.2) is 0 Å². The number of aliphatic hydroxyl groups excluding tert-OH is 1. The molecule has 0 aliphatic heterocycles. The summed E-state index contributed by atoms with van der Waals surface area (Å²) < 4.78 is 4.62. The van der Waals surface area contributed by atoms with Gasteiger partial charge in [-0.05, 0) is 11.6 Å². The Morgan fingerprint density at radius 1 is 1.38 bits per heavy atom. The molecule has 66 valence electrons. The van der Waals surface area contributed by atoms with Crippen LogP contribution in [0.4, 0.5) is 0 Å². The number of aromatic nitrogens is 2. The molecule has 1 aromatic heterocycles. The van der Waals surface area contributed by atoms with Crippen LogP contribution in [-0.2, 0) is 6.61 Å². The van der Waals surface area contributed by atoms with Crippen molar-refractivity contribution in [3.8, 4) is 11.4 Å². The zero-order valence-corrected chi connectivity index (χ0v) is 6.84. The molecule has 0 saturated heterocycles. The van der Waals surface area contributed by atoms with Crippen molar-refractivity contribution in [2.24, 2.45) is 0 Å². The lowest BCUT2D eigenvalue weighted by Gasteiger charge is -1.97. The van der Waals surface area contributed by atoms with Crippen LogP contribution in [0.25, 0.3) is 11.4 Å². The summed E-state index contributed by atoms with van der Waals surface area (Å²) in [6.45, 7) is 0.0195. The number of hydrogen-bond acceptors (Lipinski definition) is 4. The standard InChI is InChI=1S/C9H8N2O2/c12-5-7-2-1-3-8(4-7)9-10-6-13-11-9/h1-4,6,12H,5H2. The lowest BCUT2D eigenvalue weighted by molar-refractivity contribution is 0.282. The van der Waals surface area contributed by atoms with Gasteiger partial charge in [-0.1, -0.05) is 23.4 Å². The van der Waals surface area contributed by atoms with E-state index in [2.05, 4.69) is 14.7 Å². The molecule has 0 radical (unpaired) electrons. The van der Waals surface area contributed by atoms with Crippen LogP contribution in [0.2, 0.25) is 0 Å².